The summed E-state index contributed by atoms with van der Waals surface area (Å²) in [6, 6.07) is 8.68. The second-order valence-corrected chi connectivity index (χ2v) is 4.51. The first-order valence-electron chi connectivity index (χ1n) is 4.48. The van der Waals surface area contributed by atoms with E-state index in [4.69, 9.17) is 5.26 Å². The summed E-state index contributed by atoms with van der Waals surface area (Å²) >= 11 is 1.71. The van der Waals surface area contributed by atoms with Crippen molar-refractivity contribution in [2.75, 3.05) is 5.75 Å². The lowest BCUT2D eigenvalue weighted by molar-refractivity contribution is -0.384. The zero-order valence-corrected chi connectivity index (χ0v) is 8.61. The average Bonchev–Trinajstić information content (AvgIpc) is 2.17. The molecule has 0 radical (unpaired) electrons. The maximum atomic E-state index is 10.4. The Morgan fingerprint density at radius 3 is 2.53 bits per heavy atom. The summed E-state index contributed by atoms with van der Waals surface area (Å²) < 4.78 is 0. The molecule has 0 spiro atoms. The van der Waals surface area contributed by atoms with Gasteiger partial charge in [-0.05, 0) is 5.56 Å². The molecule has 0 aliphatic carbocycles. The fourth-order valence-corrected chi connectivity index (χ4v) is 2.57. The maximum Gasteiger partial charge on any atom is 0.269 e. The number of benzene rings is 1. The van der Waals surface area contributed by atoms with Crippen LogP contribution in [0, 0.1) is 27.4 Å². The van der Waals surface area contributed by atoms with E-state index in [0.717, 1.165) is 11.3 Å². The quantitative estimate of drug-likeness (QED) is 0.567. The molecule has 2 atom stereocenters. The number of rotatable bonds is 2. The van der Waals surface area contributed by atoms with E-state index in [1.165, 1.54) is 12.1 Å². The van der Waals surface area contributed by atoms with Gasteiger partial charge >= 0.3 is 0 Å². The number of nitro groups is 1. The summed E-state index contributed by atoms with van der Waals surface area (Å²) in [5, 5.41) is 19.4. The van der Waals surface area contributed by atoms with E-state index < -0.39 is 4.92 Å². The number of nitriles is 1. The van der Waals surface area contributed by atoms with Crippen LogP contribution in [0.25, 0.3) is 0 Å². The van der Waals surface area contributed by atoms with Crippen LogP contribution >= 0.6 is 11.8 Å². The second-order valence-electron chi connectivity index (χ2n) is 3.34. The highest BCUT2D eigenvalue weighted by atomic mass is 32.2. The molecule has 1 aromatic rings. The summed E-state index contributed by atoms with van der Waals surface area (Å²) in [6.07, 6.45) is 0. The van der Waals surface area contributed by atoms with Crippen LogP contribution in [0.15, 0.2) is 24.3 Å². The summed E-state index contributed by atoms with van der Waals surface area (Å²) in [4.78, 5) is 10.0. The first kappa shape index (κ1) is 9.99. The van der Waals surface area contributed by atoms with Crippen molar-refractivity contribution in [3.8, 4) is 6.07 Å². The molecule has 1 aliphatic heterocycles. The smallest absolute Gasteiger partial charge is 0.258 e. The van der Waals surface area contributed by atoms with Crippen molar-refractivity contribution in [1.82, 2.24) is 0 Å². The molecule has 76 valence electrons. The van der Waals surface area contributed by atoms with Gasteiger partial charge in [0.15, 0.2) is 0 Å². The summed E-state index contributed by atoms with van der Waals surface area (Å²) in [5.41, 5.74) is 1.10. The molecule has 0 amide bonds. The summed E-state index contributed by atoms with van der Waals surface area (Å²) in [6.45, 7) is 0. The van der Waals surface area contributed by atoms with Gasteiger partial charge in [0.05, 0.1) is 16.9 Å². The molecule has 0 aromatic heterocycles. The standard InChI is InChI=1S/C10H8N2O2S/c11-5-8-6-15-10(8)7-1-3-9(4-2-7)12(13)14/h1-4,8,10H,6H2/t8-,10+/m0/s1. The molecule has 5 heteroatoms. The van der Waals surface area contributed by atoms with Crippen molar-refractivity contribution in [2.45, 2.75) is 5.25 Å². The molecule has 1 saturated heterocycles. The van der Waals surface area contributed by atoms with Crippen molar-refractivity contribution in [2.24, 2.45) is 5.92 Å². The highest BCUT2D eigenvalue weighted by molar-refractivity contribution is 8.00. The van der Waals surface area contributed by atoms with Gasteiger partial charge in [-0.1, -0.05) is 12.1 Å². The third-order valence-electron chi connectivity index (χ3n) is 2.42. The lowest BCUT2D eigenvalue weighted by atomic mass is 10.0. The van der Waals surface area contributed by atoms with E-state index in [9.17, 15) is 10.1 Å². The lowest BCUT2D eigenvalue weighted by Crippen LogP contribution is -2.21. The molecule has 0 saturated carbocycles. The molecule has 0 unspecified atom stereocenters. The Hall–Kier alpha value is -1.54. The number of nitrogens with zero attached hydrogens (tertiary/aromatic N) is 2. The minimum absolute atomic E-state index is 0.0523. The van der Waals surface area contributed by atoms with Crippen LogP contribution in [-0.4, -0.2) is 10.7 Å². The fourth-order valence-electron chi connectivity index (χ4n) is 1.51. The topological polar surface area (TPSA) is 66.9 Å². The SMILES string of the molecule is N#C[C@H]1CS[C@@H]1c1ccc([N+](=O)[O-])cc1. The third-order valence-corrected chi connectivity index (χ3v) is 3.93. The van der Waals surface area contributed by atoms with Crippen molar-refractivity contribution in [3.05, 3.63) is 39.9 Å². The minimum Gasteiger partial charge on any atom is -0.258 e. The molecular weight excluding hydrogens is 212 g/mol. The van der Waals surface area contributed by atoms with Gasteiger partial charge in [-0.2, -0.15) is 17.0 Å². The van der Waals surface area contributed by atoms with Crippen LogP contribution in [0.4, 0.5) is 5.69 Å². The Balaban J connectivity index is 2.18. The Morgan fingerprint density at radius 1 is 1.47 bits per heavy atom. The van der Waals surface area contributed by atoms with Crippen LogP contribution in [-0.2, 0) is 0 Å². The average molecular weight is 220 g/mol. The zero-order chi connectivity index (χ0) is 10.8. The molecule has 4 nitrogen and oxygen atoms in total. The summed E-state index contributed by atoms with van der Waals surface area (Å²) in [7, 11) is 0. The number of hydrogen-bond acceptors (Lipinski definition) is 4. The van der Waals surface area contributed by atoms with Crippen LogP contribution in [0.2, 0.25) is 0 Å². The molecule has 1 aliphatic rings. The van der Waals surface area contributed by atoms with Crippen molar-refractivity contribution in [1.29, 1.82) is 5.26 Å². The maximum absolute atomic E-state index is 10.4. The van der Waals surface area contributed by atoms with E-state index in [2.05, 4.69) is 6.07 Å². The second kappa shape index (κ2) is 3.91. The molecule has 1 fully saturated rings. The van der Waals surface area contributed by atoms with Crippen molar-refractivity contribution < 1.29 is 4.92 Å². The third kappa shape index (κ3) is 1.81. The lowest BCUT2D eigenvalue weighted by Gasteiger charge is -2.30. The number of nitro benzene ring substituents is 1. The van der Waals surface area contributed by atoms with Gasteiger partial charge in [0.2, 0.25) is 0 Å². The van der Waals surface area contributed by atoms with E-state index in [1.807, 2.05) is 0 Å². The molecule has 0 bridgehead atoms. The van der Waals surface area contributed by atoms with Gasteiger partial charge in [0.25, 0.3) is 5.69 Å². The molecule has 1 heterocycles. The van der Waals surface area contributed by atoms with Gasteiger partial charge in [-0.25, -0.2) is 0 Å². The van der Waals surface area contributed by atoms with E-state index >= 15 is 0 Å². The van der Waals surface area contributed by atoms with Crippen molar-refractivity contribution >= 4 is 17.4 Å². The fraction of sp³-hybridized carbons (Fsp3) is 0.300. The molecule has 15 heavy (non-hydrogen) atoms. The molecule has 2 rings (SSSR count). The Kier molecular flexibility index (Phi) is 2.60. The van der Waals surface area contributed by atoms with E-state index in [0.29, 0.717) is 0 Å². The zero-order valence-electron chi connectivity index (χ0n) is 7.79. The van der Waals surface area contributed by atoms with Gasteiger partial charge in [0, 0.05) is 23.1 Å². The first-order chi connectivity index (χ1) is 7.22. The molecule has 0 N–H and O–H groups in total. The number of thioether (sulfide) groups is 1. The predicted octanol–water partition coefficient (Wildman–Crippen LogP) is 2.52. The van der Waals surface area contributed by atoms with Crippen LogP contribution in [0.1, 0.15) is 10.8 Å². The number of non-ortho nitro benzene ring substituents is 1. The van der Waals surface area contributed by atoms with Gasteiger partial charge in [0.1, 0.15) is 0 Å². The Morgan fingerprint density at radius 2 is 2.13 bits per heavy atom. The van der Waals surface area contributed by atoms with Crippen molar-refractivity contribution in [3.63, 3.8) is 0 Å². The largest absolute Gasteiger partial charge is 0.269 e. The van der Waals surface area contributed by atoms with E-state index in [1.54, 1.807) is 23.9 Å². The van der Waals surface area contributed by atoms with Crippen LogP contribution in [0.3, 0.4) is 0 Å². The normalized spacial score (nSPS) is 23.9. The van der Waals surface area contributed by atoms with Crippen LogP contribution < -0.4 is 0 Å². The van der Waals surface area contributed by atoms with Gasteiger partial charge in [-0.3, -0.25) is 10.1 Å². The molecule has 1 aromatic carbocycles. The highest BCUT2D eigenvalue weighted by Gasteiger charge is 2.33. The highest BCUT2D eigenvalue weighted by Crippen LogP contribution is 2.47. The van der Waals surface area contributed by atoms with E-state index in [-0.39, 0.29) is 16.9 Å². The minimum atomic E-state index is -0.417. The van der Waals surface area contributed by atoms with Gasteiger partial charge in [-0.15, -0.1) is 0 Å². The monoisotopic (exact) mass is 220 g/mol. The first-order valence-corrected chi connectivity index (χ1v) is 5.53. The van der Waals surface area contributed by atoms with Crippen LogP contribution in [0.5, 0.6) is 0 Å². The number of hydrogen-bond donors (Lipinski definition) is 0. The molecular formula is C10H8N2O2S. The Bertz CT molecular complexity index is 424. The summed E-state index contributed by atoms with van der Waals surface area (Å²) in [5.74, 6) is 0.912. The van der Waals surface area contributed by atoms with Gasteiger partial charge < -0.3 is 0 Å². The predicted molar refractivity (Wildman–Crippen MR) is 57.4 cm³/mol. The Labute approximate surface area is 91.1 Å².